The van der Waals surface area contributed by atoms with Gasteiger partial charge < -0.3 is 10.4 Å². The maximum atomic E-state index is 12.8. The van der Waals surface area contributed by atoms with Crippen molar-refractivity contribution < 1.29 is 14.3 Å². The summed E-state index contributed by atoms with van der Waals surface area (Å²) < 4.78 is 12.8. The number of halogens is 1. The first-order valence-electron chi connectivity index (χ1n) is 7.65. The summed E-state index contributed by atoms with van der Waals surface area (Å²) >= 11 is 0. The molecule has 3 nitrogen and oxygen atoms in total. The summed E-state index contributed by atoms with van der Waals surface area (Å²) in [4.78, 5) is 12.4. The predicted molar refractivity (Wildman–Crippen MR) is 80.1 cm³/mol. The van der Waals surface area contributed by atoms with Crippen molar-refractivity contribution in [3.8, 4) is 0 Å². The molecule has 1 unspecified atom stereocenters. The Balaban J connectivity index is 1.89. The van der Waals surface area contributed by atoms with Gasteiger partial charge in [-0.15, -0.1) is 0 Å². The Kier molecular flexibility index (Phi) is 4.99. The van der Waals surface area contributed by atoms with Gasteiger partial charge in [-0.2, -0.15) is 0 Å². The Labute approximate surface area is 125 Å². The van der Waals surface area contributed by atoms with Crippen LogP contribution in [-0.4, -0.2) is 17.6 Å². The SMILES string of the molecule is CC(C)CC1(C(=O)NCC(O)c2ccc(F)cc2)CCC1. The van der Waals surface area contributed by atoms with Crippen LogP contribution in [0.2, 0.25) is 0 Å². The van der Waals surface area contributed by atoms with Gasteiger partial charge in [0.1, 0.15) is 5.82 Å². The highest BCUT2D eigenvalue weighted by Crippen LogP contribution is 2.46. The first-order chi connectivity index (χ1) is 9.93. The molecule has 2 N–H and O–H groups in total. The topological polar surface area (TPSA) is 49.3 Å². The standard InChI is InChI=1S/C17H24FNO2/c1-12(2)10-17(8-3-9-17)16(21)19-11-15(20)13-4-6-14(18)7-5-13/h4-7,12,15,20H,3,8-11H2,1-2H3,(H,19,21). The maximum absolute atomic E-state index is 12.8. The largest absolute Gasteiger partial charge is 0.387 e. The molecule has 1 aromatic rings. The van der Waals surface area contributed by atoms with Crippen LogP contribution in [-0.2, 0) is 4.79 Å². The van der Waals surface area contributed by atoms with E-state index in [-0.39, 0.29) is 23.7 Å². The Morgan fingerprint density at radius 3 is 2.43 bits per heavy atom. The van der Waals surface area contributed by atoms with Crippen LogP contribution in [0, 0.1) is 17.2 Å². The zero-order valence-electron chi connectivity index (χ0n) is 12.7. The molecular formula is C17H24FNO2. The zero-order chi connectivity index (χ0) is 15.5. The summed E-state index contributed by atoms with van der Waals surface area (Å²) in [6.07, 6.45) is 3.06. The highest BCUT2D eigenvalue weighted by Gasteiger charge is 2.44. The molecule has 1 aliphatic rings. The van der Waals surface area contributed by atoms with Gasteiger partial charge in [-0.25, -0.2) is 4.39 Å². The third kappa shape index (κ3) is 3.82. The number of nitrogens with one attached hydrogen (secondary N) is 1. The number of aliphatic hydroxyl groups excluding tert-OH is 1. The molecule has 21 heavy (non-hydrogen) atoms. The number of hydrogen-bond acceptors (Lipinski definition) is 2. The van der Waals surface area contributed by atoms with E-state index < -0.39 is 6.10 Å². The summed E-state index contributed by atoms with van der Waals surface area (Å²) in [5, 5.41) is 12.9. The Morgan fingerprint density at radius 2 is 1.95 bits per heavy atom. The number of benzene rings is 1. The second-order valence-corrected chi connectivity index (χ2v) is 6.51. The molecule has 0 bridgehead atoms. The molecule has 1 aliphatic carbocycles. The quantitative estimate of drug-likeness (QED) is 0.846. The molecule has 0 heterocycles. The second kappa shape index (κ2) is 6.56. The molecule has 4 heteroatoms. The first kappa shape index (κ1) is 16.0. The van der Waals surface area contributed by atoms with E-state index in [2.05, 4.69) is 19.2 Å². The van der Waals surface area contributed by atoms with Crippen molar-refractivity contribution in [2.45, 2.75) is 45.6 Å². The maximum Gasteiger partial charge on any atom is 0.226 e. The summed E-state index contributed by atoms with van der Waals surface area (Å²) in [7, 11) is 0. The summed E-state index contributed by atoms with van der Waals surface area (Å²) in [6.45, 7) is 4.42. The lowest BCUT2D eigenvalue weighted by Gasteiger charge is -2.41. The number of hydrogen-bond donors (Lipinski definition) is 2. The van der Waals surface area contributed by atoms with Crippen LogP contribution in [0.3, 0.4) is 0 Å². The Morgan fingerprint density at radius 1 is 1.33 bits per heavy atom. The average molecular weight is 293 g/mol. The van der Waals surface area contributed by atoms with E-state index in [1.807, 2.05) is 0 Å². The Hall–Kier alpha value is -1.42. The number of aliphatic hydroxyl groups is 1. The van der Waals surface area contributed by atoms with Gasteiger partial charge in [-0.05, 0) is 42.9 Å². The minimum Gasteiger partial charge on any atom is -0.387 e. The molecule has 1 fully saturated rings. The fourth-order valence-corrected chi connectivity index (χ4v) is 3.09. The lowest BCUT2D eigenvalue weighted by atomic mass is 9.64. The molecule has 0 spiro atoms. The third-order valence-corrected chi connectivity index (χ3v) is 4.30. The second-order valence-electron chi connectivity index (χ2n) is 6.51. The van der Waals surface area contributed by atoms with Crippen LogP contribution < -0.4 is 5.32 Å². The van der Waals surface area contributed by atoms with E-state index in [1.165, 1.54) is 12.1 Å². The molecule has 1 amide bonds. The van der Waals surface area contributed by atoms with Crippen molar-refractivity contribution in [3.63, 3.8) is 0 Å². The highest BCUT2D eigenvalue weighted by molar-refractivity contribution is 5.83. The zero-order valence-corrected chi connectivity index (χ0v) is 12.7. The minimum absolute atomic E-state index is 0.0450. The van der Waals surface area contributed by atoms with Crippen molar-refractivity contribution in [1.29, 1.82) is 0 Å². The normalized spacial score (nSPS) is 18.1. The molecule has 2 rings (SSSR count). The molecule has 0 saturated heterocycles. The van der Waals surface area contributed by atoms with Gasteiger partial charge in [0.05, 0.1) is 6.10 Å². The van der Waals surface area contributed by atoms with Crippen molar-refractivity contribution in [2.75, 3.05) is 6.54 Å². The van der Waals surface area contributed by atoms with Crippen molar-refractivity contribution in [3.05, 3.63) is 35.6 Å². The van der Waals surface area contributed by atoms with Crippen LogP contribution >= 0.6 is 0 Å². The molecule has 1 aromatic carbocycles. The van der Waals surface area contributed by atoms with Gasteiger partial charge in [0.15, 0.2) is 0 Å². The minimum atomic E-state index is -0.800. The fourth-order valence-electron chi connectivity index (χ4n) is 3.09. The van der Waals surface area contributed by atoms with E-state index in [1.54, 1.807) is 12.1 Å². The smallest absolute Gasteiger partial charge is 0.226 e. The monoisotopic (exact) mass is 293 g/mol. The van der Waals surface area contributed by atoms with Crippen LogP contribution in [0.5, 0.6) is 0 Å². The van der Waals surface area contributed by atoms with Gasteiger partial charge in [-0.3, -0.25) is 4.79 Å². The van der Waals surface area contributed by atoms with E-state index in [0.717, 1.165) is 25.7 Å². The molecule has 0 radical (unpaired) electrons. The van der Waals surface area contributed by atoms with Crippen molar-refractivity contribution in [1.82, 2.24) is 5.32 Å². The van der Waals surface area contributed by atoms with Gasteiger partial charge in [0.25, 0.3) is 0 Å². The lowest BCUT2D eigenvalue weighted by Crippen LogP contribution is -2.47. The van der Waals surface area contributed by atoms with Crippen LogP contribution in [0.1, 0.15) is 51.2 Å². The number of rotatable bonds is 6. The molecular weight excluding hydrogens is 269 g/mol. The number of amides is 1. The molecule has 116 valence electrons. The first-order valence-corrected chi connectivity index (χ1v) is 7.65. The average Bonchev–Trinajstić information content (AvgIpc) is 2.40. The van der Waals surface area contributed by atoms with Crippen molar-refractivity contribution in [2.24, 2.45) is 11.3 Å². The Bertz CT molecular complexity index is 480. The summed E-state index contributed by atoms with van der Waals surface area (Å²) in [5.41, 5.74) is 0.375. The van der Waals surface area contributed by atoms with E-state index in [4.69, 9.17) is 0 Å². The predicted octanol–water partition coefficient (Wildman–Crippen LogP) is 3.19. The number of carbonyl (C=O) groups is 1. The summed E-state index contributed by atoms with van der Waals surface area (Å²) in [5.74, 6) is 0.196. The van der Waals surface area contributed by atoms with Gasteiger partial charge in [0.2, 0.25) is 5.91 Å². The van der Waals surface area contributed by atoms with E-state index in [9.17, 15) is 14.3 Å². The fraction of sp³-hybridized carbons (Fsp3) is 0.588. The van der Waals surface area contributed by atoms with Crippen LogP contribution in [0.4, 0.5) is 4.39 Å². The molecule has 1 atom stereocenters. The highest BCUT2D eigenvalue weighted by atomic mass is 19.1. The van der Waals surface area contributed by atoms with Crippen molar-refractivity contribution >= 4 is 5.91 Å². The van der Waals surface area contributed by atoms with E-state index >= 15 is 0 Å². The summed E-state index contributed by atoms with van der Waals surface area (Å²) in [6, 6.07) is 5.71. The van der Waals surface area contributed by atoms with E-state index in [0.29, 0.717) is 11.5 Å². The van der Waals surface area contributed by atoms with Gasteiger partial charge in [0, 0.05) is 12.0 Å². The molecule has 0 aromatic heterocycles. The number of carbonyl (C=O) groups excluding carboxylic acids is 1. The van der Waals surface area contributed by atoms with Crippen LogP contribution in [0.15, 0.2) is 24.3 Å². The van der Waals surface area contributed by atoms with Gasteiger partial charge in [-0.1, -0.05) is 32.4 Å². The van der Waals surface area contributed by atoms with Crippen LogP contribution in [0.25, 0.3) is 0 Å². The molecule has 0 aliphatic heterocycles. The van der Waals surface area contributed by atoms with Gasteiger partial charge >= 0.3 is 0 Å². The lowest BCUT2D eigenvalue weighted by molar-refractivity contribution is -0.137. The molecule has 1 saturated carbocycles. The third-order valence-electron chi connectivity index (χ3n) is 4.30.